The van der Waals surface area contributed by atoms with Crippen LogP contribution in [0, 0.1) is 0 Å². The summed E-state index contributed by atoms with van der Waals surface area (Å²) in [6, 6.07) is 0. The van der Waals surface area contributed by atoms with Crippen molar-refractivity contribution >= 4 is 0 Å². The molecule has 1 aliphatic rings. The molecule has 0 aromatic rings. The zero-order valence-corrected chi connectivity index (χ0v) is 3.98. The van der Waals surface area contributed by atoms with Crippen LogP contribution in [0.5, 0.6) is 0 Å². The van der Waals surface area contributed by atoms with Gasteiger partial charge in [-0.15, -0.1) is 0 Å². The standard InChI is InChI=1S/C4H8FNO/c5-7-4-1-2-6-3-4/h4,6H,1-3H2. The first kappa shape index (κ1) is 5.00. The Hall–Kier alpha value is -0.150. The Balaban J connectivity index is 2.14. The molecule has 1 rings (SSSR count). The Kier molecular flexibility index (Phi) is 1.59. The Labute approximate surface area is 41.6 Å². The Bertz CT molecular complexity index is 53.7. The van der Waals surface area contributed by atoms with Gasteiger partial charge in [-0.05, 0) is 17.5 Å². The van der Waals surface area contributed by atoms with Crippen LogP contribution >= 0.6 is 0 Å². The third-order valence-corrected chi connectivity index (χ3v) is 1.14. The van der Waals surface area contributed by atoms with Crippen LogP contribution in [-0.4, -0.2) is 19.2 Å². The minimum absolute atomic E-state index is 0.181. The van der Waals surface area contributed by atoms with Crippen LogP contribution in [0.3, 0.4) is 0 Å². The van der Waals surface area contributed by atoms with Gasteiger partial charge < -0.3 is 5.32 Å². The molecular formula is C4H8FNO. The van der Waals surface area contributed by atoms with Gasteiger partial charge in [-0.2, -0.15) is 4.94 Å². The first-order chi connectivity index (χ1) is 3.43. The van der Waals surface area contributed by atoms with Crippen LogP contribution in [-0.2, 0) is 4.94 Å². The molecule has 1 N–H and O–H groups in total. The van der Waals surface area contributed by atoms with Gasteiger partial charge in [0.1, 0.15) is 6.10 Å². The van der Waals surface area contributed by atoms with E-state index in [1.165, 1.54) is 0 Å². The highest BCUT2D eigenvalue weighted by Crippen LogP contribution is 2.01. The zero-order chi connectivity index (χ0) is 5.11. The van der Waals surface area contributed by atoms with Gasteiger partial charge in [-0.25, -0.2) is 0 Å². The number of hydrogen-bond donors (Lipinski definition) is 1. The largest absolute Gasteiger partial charge is 0.314 e. The molecule has 0 aromatic carbocycles. The average Bonchev–Trinajstić information content (AvgIpc) is 2.14. The Morgan fingerprint density at radius 2 is 2.57 bits per heavy atom. The fourth-order valence-corrected chi connectivity index (χ4v) is 0.704. The van der Waals surface area contributed by atoms with E-state index in [0.29, 0.717) is 6.54 Å². The molecule has 0 spiro atoms. The first-order valence-electron chi connectivity index (χ1n) is 2.41. The van der Waals surface area contributed by atoms with Gasteiger partial charge in [0.25, 0.3) is 0 Å². The normalized spacial score (nSPS) is 31.3. The van der Waals surface area contributed by atoms with Crippen LogP contribution in [0.15, 0.2) is 0 Å². The van der Waals surface area contributed by atoms with Crippen molar-refractivity contribution < 1.29 is 9.47 Å². The van der Waals surface area contributed by atoms with E-state index in [1.54, 1.807) is 0 Å². The van der Waals surface area contributed by atoms with Gasteiger partial charge in [-0.3, -0.25) is 0 Å². The highest BCUT2D eigenvalue weighted by molar-refractivity contribution is 4.68. The van der Waals surface area contributed by atoms with Gasteiger partial charge in [-0.1, -0.05) is 0 Å². The lowest BCUT2D eigenvalue weighted by atomic mass is 10.3. The summed E-state index contributed by atoms with van der Waals surface area (Å²) in [7, 11) is 0. The van der Waals surface area contributed by atoms with E-state index in [-0.39, 0.29) is 6.10 Å². The molecule has 0 aromatic heterocycles. The molecule has 3 heteroatoms. The lowest BCUT2D eigenvalue weighted by molar-refractivity contribution is -0.171. The molecule has 1 unspecified atom stereocenters. The first-order valence-corrected chi connectivity index (χ1v) is 2.41. The molecule has 0 amide bonds. The van der Waals surface area contributed by atoms with Crippen LogP contribution in [0.4, 0.5) is 4.53 Å². The molecule has 0 saturated carbocycles. The molecule has 1 fully saturated rings. The SMILES string of the molecule is FOC1CCNC1. The molecule has 1 saturated heterocycles. The van der Waals surface area contributed by atoms with Crippen molar-refractivity contribution in [1.82, 2.24) is 5.32 Å². The van der Waals surface area contributed by atoms with Gasteiger partial charge in [0.15, 0.2) is 0 Å². The fraction of sp³-hybridized carbons (Fsp3) is 1.00. The smallest absolute Gasteiger partial charge is 0.112 e. The van der Waals surface area contributed by atoms with Crippen molar-refractivity contribution in [3.05, 3.63) is 0 Å². The topological polar surface area (TPSA) is 21.3 Å². The molecule has 1 aliphatic heterocycles. The predicted octanol–water partition coefficient (Wildman–Crippen LogP) is 0.249. The van der Waals surface area contributed by atoms with Crippen molar-refractivity contribution in [1.29, 1.82) is 0 Å². The summed E-state index contributed by atoms with van der Waals surface area (Å²) in [6.45, 7) is 1.55. The molecule has 1 heterocycles. The van der Waals surface area contributed by atoms with E-state index < -0.39 is 0 Å². The van der Waals surface area contributed by atoms with Crippen LogP contribution in [0.1, 0.15) is 6.42 Å². The minimum atomic E-state index is -0.181. The van der Waals surface area contributed by atoms with Crippen molar-refractivity contribution in [2.45, 2.75) is 12.5 Å². The lowest BCUT2D eigenvalue weighted by Crippen LogP contribution is -2.12. The molecule has 0 aliphatic carbocycles. The summed E-state index contributed by atoms with van der Waals surface area (Å²) in [5.41, 5.74) is 0. The second-order valence-electron chi connectivity index (χ2n) is 1.70. The number of halogens is 1. The Morgan fingerprint density at radius 3 is 2.86 bits per heavy atom. The summed E-state index contributed by atoms with van der Waals surface area (Å²) in [4.78, 5) is 3.55. The maximum absolute atomic E-state index is 11.2. The third-order valence-electron chi connectivity index (χ3n) is 1.14. The fourth-order valence-electron chi connectivity index (χ4n) is 0.704. The maximum Gasteiger partial charge on any atom is 0.112 e. The average molecular weight is 105 g/mol. The van der Waals surface area contributed by atoms with E-state index in [9.17, 15) is 4.53 Å². The van der Waals surface area contributed by atoms with Crippen LogP contribution < -0.4 is 5.32 Å². The van der Waals surface area contributed by atoms with E-state index in [2.05, 4.69) is 10.3 Å². The molecule has 0 radical (unpaired) electrons. The second kappa shape index (κ2) is 2.23. The summed E-state index contributed by atoms with van der Waals surface area (Å²) >= 11 is 0. The van der Waals surface area contributed by atoms with Crippen molar-refractivity contribution in [3.8, 4) is 0 Å². The molecule has 1 atom stereocenters. The highest BCUT2D eigenvalue weighted by Gasteiger charge is 2.14. The van der Waals surface area contributed by atoms with Crippen molar-refractivity contribution in [2.24, 2.45) is 0 Å². The van der Waals surface area contributed by atoms with Gasteiger partial charge in [0, 0.05) is 6.54 Å². The van der Waals surface area contributed by atoms with Crippen molar-refractivity contribution in [2.75, 3.05) is 13.1 Å². The molecule has 42 valence electrons. The number of rotatable bonds is 1. The maximum atomic E-state index is 11.2. The van der Waals surface area contributed by atoms with Gasteiger partial charge in [0.05, 0.1) is 0 Å². The summed E-state index contributed by atoms with van der Waals surface area (Å²) in [6.07, 6.45) is 0.622. The van der Waals surface area contributed by atoms with Gasteiger partial charge in [0.2, 0.25) is 0 Å². The Morgan fingerprint density at radius 1 is 1.71 bits per heavy atom. The summed E-state index contributed by atoms with van der Waals surface area (Å²) in [5, 5.41) is 2.96. The molecule has 0 bridgehead atoms. The van der Waals surface area contributed by atoms with E-state index in [0.717, 1.165) is 13.0 Å². The van der Waals surface area contributed by atoms with Gasteiger partial charge >= 0.3 is 0 Å². The number of nitrogens with one attached hydrogen (secondary N) is 1. The molecule has 2 nitrogen and oxygen atoms in total. The second-order valence-corrected chi connectivity index (χ2v) is 1.70. The molecular weight excluding hydrogens is 97.0 g/mol. The monoisotopic (exact) mass is 105 g/mol. The molecule has 7 heavy (non-hydrogen) atoms. The van der Waals surface area contributed by atoms with E-state index in [4.69, 9.17) is 0 Å². The summed E-state index contributed by atoms with van der Waals surface area (Å²) < 4.78 is 11.2. The zero-order valence-electron chi connectivity index (χ0n) is 3.98. The quantitative estimate of drug-likeness (QED) is 0.516. The van der Waals surface area contributed by atoms with Crippen LogP contribution in [0.25, 0.3) is 0 Å². The number of hydrogen-bond acceptors (Lipinski definition) is 2. The highest BCUT2D eigenvalue weighted by atomic mass is 19.3. The van der Waals surface area contributed by atoms with Crippen molar-refractivity contribution in [3.63, 3.8) is 0 Å². The summed E-state index contributed by atoms with van der Waals surface area (Å²) in [5.74, 6) is 0. The lowest BCUT2D eigenvalue weighted by Gasteiger charge is -1.95. The van der Waals surface area contributed by atoms with E-state index >= 15 is 0 Å². The predicted molar refractivity (Wildman–Crippen MR) is 23.5 cm³/mol. The minimum Gasteiger partial charge on any atom is -0.314 e. The van der Waals surface area contributed by atoms with E-state index in [1.807, 2.05) is 0 Å². The third kappa shape index (κ3) is 1.11. The van der Waals surface area contributed by atoms with Crippen LogP contribution in [0.2, 0.25) is 0 Å².